The van der Waals surface area contributed by atoms with Gasteiger partial charge in [0.05, 0.1) is 12.1 Å². The molecule has 1 aromatic carbocycles. The van der Waals surface area contributed by atoms with Gasteiger partial charge in [0.15, 0.2) is 0 Å². The maximum Gasteiger partial charge on any atom is 0.285 e. The van der Waals surface area contributed by atoms with Crippen LogP contribution in [0, 0.1) is 13.8 Å². The molecule has 1 amide bonds. The fourth-order valence-corrected chi connectivity index (χ4v) is 3.74. The fourth-order valence-electron chi connectivity index (χ4n) is 3.74. The number of carbonyl (C=O) groups excluding carboxylic acids is 1. The van der Waals surface area contributed by atoms with Gasteiger partial charge in [0.1, 0.15) is 5.76 Å². The van der Waals surface area contributed by atoms with Crippen LogP contribution in [0.25, 0.3) is 0 Å². The molecule has 3 N–H and O–H groups in total. The lowest BCUT2D eigenvalue weighted by Crippen LogP contribution is -2.29. The van der Waals surface area contributed by atoms with E-state index in [0.717, 1.165) is 23.8 Å². The fraction of sp³-hybridized carbons (Fsp3) is 0.565. The van der Waals surface area contributed by atoms with Gasteiger partial charge >= 0.3 is 0 Å². The van der Waals surface area contributed by atoms with Crippen LogP contribution in [-0.4, -0.2) is 42.6 Å². The number of rotatable bonds is 6. The number of nitrogens with one attached hydrogen (secondary N) is 3. The summed E-state index contributed by atoms with van der Waals surface area (Å²) in [6.07, 6.45) is 7.20. The van der Waals surface area contributed by atoms with E-state index in [1.807, 2.05) is 26.0 Å². The SMILES string of the molecule is CCNc1cccc(C(=O)NCc2c(C)o[nH]c2=O)c1C.CN(C)C1CCCCC1. The van der Waals surface area contributed by atoms with E-state index in [1.54, 1.807) is 13.0 Å². The van der Waals surface area contributed by atoms with E-state index in [-0.39, 0.29) is 18.0 Å². The standard InChI is InChI=1S/C15H19N3O3.C8H17N/c1-4-16-13-7-5-6-11(9(13)2)14(19)17-8-12-10(3)21-18-15(12)20;1-9(2)8-6-4-3-5-7-8/h5-7,16H,4,8H2,1-3H3,(H,17,19)(H,18,20);8H,3-7H2,1-2H3. The minimum Gasteiger partial charge on any atom is -0.385 e. The molecule has 0 bridgehead atoms. The van der Waals surface area contributed by atoms with Crippen molar-refractivity contribution in [3.8, 4) is 0 Å². The van der Waals surface area contributed by atoms with Gasteiger partial charge in [-0.05, 0) is 65.4 Å². The smallest absolute Gasteiger partial charge is 0.285 e. The first-order chi connectivity index (χ1) is 14.3. The van der Waals surface area contributed by atoms with Gasteiger partial charge in [-0.1, -0.05) is 25.3 Å². The maximum absolute atomic E-state index is 12.3. The molecule has 1 fully saturated rings. The van der Waals surface area contributed by atoms with E-state index in [9.17, 15) is 9.59 Å². The molecule has 1 saturated carbocycles. The Hall–Kier alpha value is -2.54. The summed E-state index contributed by atoms with van der Waals surface area (Å²) in [5.74, 6) is 0.269. The molecule has 166 valence electrons. The van der Waals surface area contributed by atoms with Crippen LogP contribution < -0.4 is 16.2 Å². The number of anilines is 1. The molecule has 0 spiro atoms. The molecule has 1 aromatic heterocycles. The van der Waals surface area contributed by atoms with Crippen LogP contribution in [0.1, 0.15) is 66.3 Å². The molecule has 0 aliphatic heterocycles. The van der Waals surface area contributed by atoms with E-state index >= 15 is 0 Å². The van der Waals surface area contributed by atoms with E-state index in [1.165, 1.54) is 32.1 Å². The number of carbonyl (C=O) groups is 1. The second kappa shape index (κ2) is 11.6. The van der Waals surface area contributed by atoms with E-state index in [0.29, 0.717) is 16.9 Å². The quantitative estimate of drug-likeness (QED) is 0.666. The molecule has 0 atom stereocenters. The Morgan fingerprint density at radius 3 is 2.43 bits per heavy atom. The van der Waals surface area contributed by atoms with Crippen molar-refractivity contribution in [2.75, 3.05) is 26.0 Å². The predicted molar refractivity (Wildman–Crippen MR) is 121 cm³/mol. The normalized spacial score (nSPS) is 14.2. The molecule has 7 nitrogen and oxygen atoms in total. The van der Waals surface area contributed by atoms with Crippen LogP contribution in [-0.2, 0) is 6.54 Å². The summed E-state index contributed by atoms with van der Waals surface area (Å²) in [4.78, 5) is 26.1. The lowest BCUT2D eigenvalue weighted by Gasteiger charge is -2.27. The molecular weight excluding hydrogens is 380 g/mol. The van der Waals surface area contributed by atoms with Gasteiger partial charge in [-0.15, -0.1) is 0 Å². The van der Waals surface area contributed by atoms with Crippen LogP contribution >= 0.6 is 0 Å². The van der Waals surface area contributed by atoms with E-state index < -0.39 is 0 Å². The van der Waals surface area contributed by atoms with Crippen molar-refractivity contribution in [3.63, 3.8) is 0 Å². The largest absolute Gasteiger partial charge is 0.385 e. The summed E-state index contributed by atoms with van der Waals surface area (Å²) >= 11 is 0. The van der Waals surface area contributed by atoms with Crippen LogP contribution in [0.3, 0.4) is 0 Å². The van der Waals surface area contributed by atoms with Crippen molar-refractivity contribution < 1.29 is 9.32 Å². The van der Waals surface area contributed by atoms with Crippen LogP contribution in [0.2, 0.25) is 0 Å². The average Bonchev–Trinajstić information content (AvgIpc) is 3.06. The zero-order valence-corrected chi connectivity index (χ0v) is 18.9. The Morgan fingerprint density at radius 1 is 1.20 bits per heavy atom. The molecule has 1 heterocycles. The van der Waals surface area contributed by atoms with Gasteiger partial charge in [0, 0.05) is 23.8 Å². The Bertz CT molecular complexity index is 864. The number of aromatic nitrogens is 1. The average molecular weight is 417 g/mol. The summed E-state index contributed by atoms with van der Waals surface area (Å²) in [7, 11) is 4.38. The van der Waals surface area contributed by atoms with Crippen molar-refractivity contribution >= 4 is 11.6 Å². The number of hydrogen-bond acceptors (Lipinski definition) is 5. The van der Waals surface area contributed by atoms with Gasteiger partial charge in [-0.2, -0.15) is 5.16 Å². The number of nitrogens with zero attached hydrogens (tertiary/aromatic N) is 1. The van der Waals surface area contributed by atoms with Crippen LogP contribution in [0.5, 0.6) is 0 Å². The number of aromatic amines is 1. The summed E-state index contributed by atoms with van der Waals surface area (Å²) in [6.45, 7) is 6.50. The second-order valence-electron chi connectivity index (χ2n) is 8.01. The Morgan fingerprint density at radius 2 is 1.90 bits per heavy atom. The number of hydrogen-bond donors (Lipinski definition) is 3. The molecule has 1 aliphatic carbocycles. The molecular formula is C23H36N4O3. The third-order valence-electron chi connectivity index (χ3n) is 5.67. The topological polar surface area (TPSA) is 90.4 Å². The monoisotopic (exact) mass is 416 g/mol. The molecule has 0 radical (unpaired) electrons. The first kappa shape index (κ1) is 23.7. The van der Waals surface area contributed by atoms with Gasteiger partial charge in [0.2, 0.25) is 0 Å². The zero-order valence-electron chi connectivity index (χ0n) is 18.9. The molecule has 3 rings (SSSR count). The molecule has 0 saturated heterocycles. The minimum atomic E-state index is -0.314. The molecule has 30 heavy (non-hydrogen) atoms. The van der Waals surface area contributed by atoms with Crippen molar-refractivity contribution in [1.29, 1.82) is 0 Å². The number of benzene rings is 1. The van der Waals surface area contributed by atoms with Crippen molar-refractivity contribution in [1.82, 2.24) is 15.4 Å². The van der Waals surface area contributed by atoms with Gasteiger partial charge in [-0.25, -0.2) is 0 Å². The highest BCUT2D eigenvalue weighted by Crippen LogP contribution is 2.20. The second-order valence-corrected chi connectivity index (χ2v) is 8.01. The highest BCUT2D eigenvalue weighted by molar-refractivity contribution is 5.97. The van der Waals surface area contributed by atoms with Gasteiger partial charge in [0.25, 0.3) is 11.5 Å². The Balaban J connectivity index is 0.000000297. The number of amides is 1. The van der Waals surface area contributed by atoms with Crippen molar-refractivity contribution in [3.05, 3.63) is 51.0 Å². The Labute approximate surface area is 179 Å². The Kier molecular flexibility index (Phi) is 9.17. The highest BCUT2D eigenvalue weighted by atomic mass is 16.5. The van der Waals surface area contributed by atoms with E-state index in [4.69, 9.17) is 4.52 Å². The van der Waals surface area contributed by atoms with Gasteiger partial charge in [-0.3, -0.25) is 9.59 Å². The maximum atomic E-state index is 12.3. The predicted octanol–water partition coefficient (Wildman–Crippen LogP) is 3.83. The molecule has 1 aliphatic rings. The number of H-pyrrole nitrogens is 1. The van der Waals surface area contributed by atoms with Crippen LogP contribution in [0.4, 0.5) is 5.69 Å². The third kappa shape index (κ3) is 6.49. The molecule has 0 unspecified atom stereocenters. The number of aryl methyl sites for hydroxylation is 1. The van der Waals surface area contributed by atoms with Crippen LogP contribution in [0.15, 0.2) is 27.5 Å². The summed E-state index contributed by atoms with van der Waals surface area (Å²) in [5, 5.41) is 8.20. The lowest BCUT2D eigenvalue weighted by molar-refractivity contribution is 0.0950. The van der Waals surface area contributed by atoms with Crippen molar-refractivity contribution in [2.24, 2.45) is 0 Å². The minimum absolute atomic E-state index is 0.140. The van der Waals surface area contributed by atoms with Crippen molar-refractivity contribution in [2.45, 2.75) is 65.5 Å². The molecule has 2 aromatic rings. The highest BCUT2D eigenvalue weighted by Gasteiger charge is 2.15. The van der Waals surface area contributed by atoms with Gasteiger partial charge < -0.3 is 20.1 Å². The summed E-state index contributed by atoms with van der Waals surface area (Å²) in [5.41, 5.74) is 2.53. The lowest BCUT2D eigenvalue weighted by atomic mass is 9.95. The summed E-state index contributed by atoms with van der Waals surface area (Å²) < 4.78 is 4.91. The van der Waals surface area contributed by atoms with E-state index in [2.05, 4.69) is 34.8 Å². The first-order valence-corrected chi connectivity index (χ1v) is 10.8. The third-order valence-corrected chi connectivity index (χ3v) is 5.67. The summed E-state index contributed by atoms with van der Waals surface area (Å²) in [6, 6.07) is 6.41. The zero-order chi connectivity index (χ0) is 22.1. The first-order valence-electron chi connectivity index (χ1n) is 10.8. The molecule has 7 heteroatoms.